The summed E-state index contributed by atoms with van der Waals surface area (Å²) >= 11 is 0. The van der Waals surface area contributed by atoms with Crippen LogP contribution >= 0.6 is 0 Å². The van der Waals surface area contributed by atoms with Crippen molar-refractivity contribution < 1.29 is 4.79 Å². The lowest BCUT2D eigenvalue weighted by molar-refractivity contribution is 0.0929. The molecule has 5 nitrogen and oxygen atoms in total. The van der Waals surface area contributed by atoms with Crippen molar-refractivity contribution in [2.75, 3.05) is 13.1 Å². The SMILES string of the molecule is CCc1c(C(=O)NC2CCCNC2)cnn1Cc1ccccc1. The molecule has 1 aliphatic heterocycles. The highest BCUT2D eigenvalue weighted by Gasteiger charge is 2.20. The molecule has 0 saturated carbocycles. The molecule has 3 rings (SSSR count). The fourth-order valence-corrected chi connectivity index (χ4v) is 3.10. The highest BCUT2D eigenvalue weighted by Crippen LogP contribution is 2.13. The molecular formula is C18H24N4O. The van der Waals surface area contributed by atoms with Gasteiger partial charge in [0.05, 0.1) is 24.0 Å². The van der Waals surface area contributed by atoms with Crippen molar-refractivity contribution in [2.24, 2.45) is 0 Å². The summed E-state index contributed by atoms with van der Waals surface area (Å²) in [4.78, 5) is 12.6. The molecule has 122 valence electrons. The van der Waals surface area contributed by atoms with E-state index in [0.29, 0.717) is 12.1 Å². The van der Waals surface area contributed by atoms with Gasteiger partial charge in [-0.3, -0.25) is 9.48 Å². The van der Waals surface area contributed by atoms with Crippen molar-refractivity contribution in [1.82, 2.24) is 20.4 Å². The van der Waals surface area contributed by atoms with Gasteiger partial charge in [0.2, 0.25) is 0 Å². The third-order valence-electron chi connectivity index (χ3n) is 4.34. The summed E-state index contributed by atoms with van der Waals surface area (Å²) in [7, 11) is 0. The standard InChI is InChI=1S/C18H24N4O/c1-2-17-16(18(23)21-15-9-6-10-19-11-15)12-20-22(17)13-14-7-4-3-5-8-14/h3-5,7-8,12,15,19H,2,6,9-11,13H2,1H3,(H,21,23). The molecule has 2 N–H and O–H groups in total. The fourth-order valence-electron chi connectivity index (χ4n) is 3.10. The minimum atomic E-state index is -0.00476. The third-order valence-corrected chi connectivity index (χ3v) is 4.34. The van der Waals surface area contributed by atoms with Gasteiger partial charge < -0.3 is 10.6 Å². The van der Waals surface area contributed by atoms with E-state index in [1.165, 1.54) is 5.56 Å². The Morgan fingerprint density at radius 1 is 1.39 bits per heavy atom. The summed E-state index contributed by atoms with van der Waals surface area (Å²) in [5, 5.41) is 10.9. The lowest BCUT2D eigenvalue weighted by Gasteiger charge is -2.23. The fraction of sp³-hybridized carbons (Fsp3) is 0.444. The van der Waals surface area contributed by atoms with Crippen molar-refractivity contribution in [1.29, 1.82) is 0 Å². The largest absolute Gasteiger partial charge is 0.348 e. The van der Waals surface area contributed by atoms with E-state index >= 15 is 0 Å². The first-order chi connectivity index (χ1) is 11.3. The van der Waals surface area contributed by atoms with Crippen LogP contribution < -0.4 is 10.6 Å². The number of benzene rings is 1. The number of carbonyl (C=O) groups excluding carboxylic acids is 1. The van der Waals surface area contributed by atoms with Crippen LogP contribution in [0.1, 0.15) is 41.4 Å². The molecule has 0 radical (unpaired) electrons. The zero-order valence-corrected chi connectivity index (χ0v) is 13.6. The van der Waals surface area contributed by atoms with Crippen LogP contribution in [0.15, 0.2) is 36.5 Å². The number of nitrogens with zero attached hydrogens (tertiary/aromatic N) is 2. The molecule has 1 aromatic carbocycles. The van der Waals surface area contributed by atoms with Gasteiger partial charge in [-0.1, -0.05) is 37.3 Å². The Balaban J connectivity index is 1.73. The Kier molecular flexibility index (Phi) is 5.08. The Morgan fingerprint density at radius 3 is 2.91 bits per heavy atom. The quantitative estimate of drug-likeness (QED) is 0.887. The molecule has 0 bridgehead atoms. The van der Waals surface area contributed by atoms with Gasteiger partial charge in [-0.05, 0) is 31.4 Å². The van der Waals surface area contributed by atoms with E-state index in [1.807, 2.05) is 22.9 Å². The average molecular weight is 312 g/mol. The van der Waals surface area contributed by atoms with Gasteiger partial charge in [0.25, 0.3) is 5.91 Å². The second kappa shape index (κ2) is 7.42. The first-order valence-electron chi connectivity index (χ1n) is 8.38. The van der Waals surface area contributed by atoms with Crippen LogP contribution in [0, 0.1) is 0 Å². The highest BCUT2D eigenvalue weighted by atomic mass is 16.1. The van der Waals surface area contributed by atoms with Gasteiger partial charge >= 0.3 is 0 Å². The second-order valence-electron chi connectivity index (χ2n) is 6.02. The van der Waals surface area contributed by atoms with E-state index in [9.17, 15) is 4.79 Å². The smallest absolute Gasteiger partial charge is 0.255 e. The van der Waals surface area contributed by atoms with E-state index in [0.717, 1.165) is 38.0 Å². The predicted octanol–water partition coefficient (Wildman–Crippen LogP) is 1.98. The second-order valence-corrected chi connectivity index (χ2v) is 6.02. The van der Waals surface area contributed by atoms with Crippen LogP contribution in [0.4, 0.5) is 0 Å². The van der Waals surface area contributed by atoms with Crippen LogP contribution in [-0.4, -0.2) is 34.8 Å². The molecule has 2 heterocycles. The Morgan fingerprint density at radius 2 is 2.22 bits per heavy atom. The lowest BCUT2D eigenvalue weighted by atomic mass is 10.1. The molecule has 1 amide bonds. The maximum atomic E-state index is 12.6. The monoisotopic (exact) mass is 312 g/mol. The van der Waals surface area contributed by atoms with Gasteiger partial charge in [0.1, 0.15) is 0 Å². The average Bonchev–Trinajstić information content (AvgIpc) is 2.99. The van der Waals surface area contributed by atoms with E-state index in [4.69, 9.17) is 0 Å². The van der Waals surface area contributed by atoms with Crippen LogP contribution in [0.2, 0.25) is 0 Å². The number of hydrogen-bond donors (Lipinski definition) is 2. The zero-order valence-electron chi connectivity index (χ0n) is 13.6. The number of hydrogen-bond acceptors (Lipinski definition) is 3. The molecule has 1 aromatic heterocycles. The molecule has 1 atom stereocenters. The van der Waals surface area contributed by atoms with E-state index < -0.39 is 0 Å². The summed E-state index contributed by atoms with van der Waals surface area (Å²) in [6.45, 7) is 4.66. The van der Waals surface area contributed by atoms with E-state index in [2.05, 4.69) is 34.8 Å². The molecule has 5 heteroatoms. The molecule has 23 heavy (non-hydrogen) atoms. The Bertz CT molecular complexity index is 644. The van der Waals surface area contributed by atoms with Crippen LogP contribution in [-0.2, 0) is 13.0 Å². The number of piperidine rings is 1. The van der Waals surface area contributed by atoms with Crippen molar-refractivity contribution in [3.63, 3.8) is 0 Å². The summed E-state index contributed by atoms with van der Waals surface area (Å²) in [6, 6.07) is 10.4. The number of rotatable bonds is 5. The molecule has 1 unspecified atom stereocenters. The number of carbonyl (C=O) groups is 1. The van der Waals surface area contributed by atoms with E-state index in [1.54, 1.807) is 6.20 Å². The minimum Gasteiger partial charge on any atom is -0.348 e. The topological polar surface area (TPSA) is 59.0 Å². The van der Waals surface area contributed by atoms with Crippen LogP contribution in [0.3, 0.4) is 0 Å². The Hall–Kier alpha value is -2.14. The first-order valence-corrected chi connectivity index (χ1v) is 8.38. The minimum absolute atomic E-state index is 0.00476. The van der Waals surface area contributed by atoms with Gasteiger partial charge in [-0.25, -0.2) is 0 Å². The van der Waals surface area contributed by atoms with Crippen LogP contribution in [0.5, 0.6) is 0 Å². The summed E-state index contributed by atoms with van der Waals surface area (Å²) < 4.78 is 1.93. The summed E-state index contributed by atoms with van der Waals surface area (Å²) in [5.74, 6) is -0.00476. The molecular weight excluding hydrogens is 288 g/mol. The predicted molar refractivity (Wildman–Crippen MR) is 90.5 cm³/mol. The highest BCUT2D eigenvalue weighted by molar-refractivity contribution is 5.95. The molecule has 1 aliphatic rings. The normalized spacial score (nSPS) is 17.9. The molecule has 1 saturated heterocycles. The van der Waals surface area contributed by atoms with Gasteiger partial charge in [0.15, 0.2) is 0 Å². The maximum absolute atomic E-state index is 12.6. The number of nitrogens with one attached hydrogen (secondary N) is 2. The van der Waals surface area contributed by atoms with Gasteiger partial charge in [0, 0.05) is 12.6 Å². The van der Waals surface area contributed by atoms with Gasteiger partial charge in [-0.2, -0.15) is 5.10 Å². The zero-order chi connectivity index (χ0) is 16.1. The number of amides is 1. The Labute approximate surface area is 137 Å². The van der Waals surface area contributed by atoms with Crippen molar-refractivity contribution in [3.05, 3.63) is 53.3 Å². The van der Waals surface area contributed by atoms with Gasteiger partial charge in [-0.15, -0.1) is 0 Å². The molecule has 1 fully saturated rings. The maximum Gasteiger partial charge on any atom is 0.255 e. The summed E-state index contributed by atoms with van der Waals surface area (Å²) in [6.07, 6.45) is 4.64. The van der Waals surface area contributed by atoms with E-state index in [-0.39, 0.29) is 11.9 Å². The van der Waals surface area contributed by atoms with Crippen molar-refractivity contribution in [3.8, 4) is 0 Å². The van der Waals surface area contributed by atoms with Crippen molar-refractivity contribution >= 4 is 5.91 Å². The molecule has 0 spiro atoms. The lowest BCUT2D eigenvalue weighted by Crippen LogP contribution is -2.45. The number of aromatic nitrogens is 2. The van der Waals surface area contributed by atoms with Crippen molar-refractivity contribution in [2.45, 2.75) is 38.8 Å². The summed E-state index contributed by atoms with van der Waals surface area (Å²) in [5.41, 5.74) is 2.89. The molecule has 2 aromatic rings. The molecule has 0 aliphatic carbocycles. The van der Waals surface area contributed by atoms with Crippen LogP contribution in [0.25, 0.3) is 0 Å². The first kappa shape index (κ1) is 15.7. The third kappa shape index (κ3) is 3.79.